The molecule has 2 unspecified atom stereocenters. The van der Waals surface area contributed by atoms with Crippen LogP contribution in [0.25, 0.3) is 0 Å². The van der Waals surface area contributed by atoms with Gasteiger partial charge in [0.25, 0.3) is 0 Å². The molecular formula is C67H127NO5. The molecule has 0 rings (SSSR count). The van der Waals surface area contributed by atoms with E-state index < -0.39 is 12.1 Å². The van der Waals surface area contributed by atoms with Gasteiger partial charge >= 0.3 is 5.97 Å². The van der Waals surface area contributed by atoms with Crippen molar-refractivity contribution in [3.05, 3.63) is 36.5 Å². The third-order valence-corrected chi connectivity index (χ3v) is 15.2. The van der Waals surface area contributed by atoms with E-state index in [0.29, 0.717) is 25.9 Å². The normalized spacial score (nSPS) is 12.8. The van der Waals surface area contributed by atoms with Crippen LogP contribution in [0.3, 0.4) is 0 Å². The summed E-state index contributed by atoms with van der Waals surface area (Å²) >= 11 is 0. The van der Waals surface area contributed by atoms with Gasteiger partial charge in [-0.15, -0.1) is 0 Å². The number of ether oxygens (including phenoxy) is 1. The molecule has 0 aliphatic carbocycles. The lowest BCUT2D eigenvalue weighted by atomic mass is 10.0. The largest absolute Gasteiger partial charge is 0.466 e. The molecule has 0 aromatic carbocycles. The van der Waals surface area contributed by atoms with Crippen LogP contribution in [0.15, 0.2) is 36.5 Å². The van der Waals surface area contributed by atoms with Crippen LogP contribution in [-0.2, 0) is 14.3 Å². The average Bonchev–Trinajstić information content (AvgIpc) is 3.39. The van der Waals surface area contributed by atoms with Gasteiger partial charge in [0.1, 0.15) is 0 Å². The van der Waals surface area contributed by atoms with Gasteiger partial charge in [-0.1, -0.05) is 301 Å². The zero-order chi connectivity index (χ0) is 52.9. The van der Waals surface area contributed by atoms with Gasteiger partial charge in [-0.2, -0.15) is 0 Å². The van der Waals surface area contributed by atoms with Gasteiger partial charge in [0, 0.05) is 12.8 Å². The maximum atomic E-state index is 12.5. The Kier molecular flexibility index (Phi) is 61.0. The first-order valence-corrected chi connectivity index (χ1v) is 32.7. The summed E-state index contributed by atoms with van der Waals surface area (Å²) in [5, 5.41) is 23.3. The van der Waals surface area contributed by atoms with Crippen LogP contribution in [-0.4, -0.2) is 47.4 Å². The number of unbranched alkanes of at least 4 members (excludes halogenated alkanes) is 44. The molecule has 0 saturated carbocycles. The van der Waals surface area contributed by atoms with Crippen molar-refractivity contribution in [2.75, 3.05) is 13.2 Å². The quantitative estimate of drug-likeness (QED) is 0.0320. The minimum Gasteiger partial charge on any atom is -0.466 e. The lowest BCUT2D eigenvalue weighted by Crippen LogP contribution is -2.45. The predicted octanol–water partition coefficient (Wildman–Crippen LogP) is 20.8. The van der Waals surface area contributed by atoms with Gasteiger partial charge in [-0.05, 0) is 77.0 Å². The molecule has 0 aliphatic heterocycles. The van der Waals surface area contributed by atoms with Crippen molar-refractivity contribution in [1.82, 2.24) is 5.32 Å². The van der Waals surface area contributed by atoms with Crippen LogP contribution in [0.1, 0.15) is 354 Å². The summed E-state index contributed by atoms with van der Waals surface area (Å²) < 4.78 is 5.48. The van der Waals surface area contributed by atoms with Crippen molar-refractivity contribution >= 4 is 11.9 Å². The van der Waals surface area contributed by atoms with Gasteiger partial charge in [0.05, 0.1) is 25.4 Å². The van der Waals surface area contributed by atoms with E-state index in [9.17, 15) is 19.8 Å². The Morgan fingerprint density at radius 1 is 0.384 bits per heavy atom. The summed E-state index contributed by atoms with van der Waals surface area (Å²) in [5.74, 6) is -0.0349. The monoisotopic (exact) mass is 1030 g/mol. The fraction of sp³-hybridized carbons (Fsp3) is 0.881. The van der Waals surface area contributed by atoms with Crippen LogP contribution in [0.2, 0.25) is 0 Å². The zero-order valence-corrected chi connectivity index (χ0v) is 49.1. The minimum absolute atomic E-state index is 0.000168. The van der Waals surface area contributed by atoms with E-state index in [0.717, 1.165) is 51.4 Å². The number of rotatable bonds is 61. The number of esters is 1. The van der Waals surface area contributed by atoms with Crippen LogP contribution in [0, 0.1) is 0 Å². The molecule has 0 radical (unpaired) electrons. The minimum atomic E-state index is -0.666. The fourth-order valence-corrected chi connectivity index (χ4v) is 10.1. The third kappa shape index (κ3) is 59.2. The Hall–Kier alpha value is -1.92. The first kappa shape index (κ1) is 71.1. The van der Waals surface area contributed by atoms with Gasteiger partial charge in [-0.3, -0.25) is 9.59 Å². The van der Waals surface area contributed by atoms with Crippen LogP contribution in [0.4, 0.5) is 0 Å². The molecule has 0 aromatic rings. The lowest BCUT2D eigenvalue weighted by Gasteiger charge is -2.22. The number of hydrogen-bond acceptors (Lipinski definition) is 5. The number of hydrogen-bond donors (Lipinski definition) is 3. The first-order chi connectivity index (χ1) is 36.0. The molecule has 2 atom stereocenters. The average molecular weight is 1030 g/mol. The summed E-state index contributed by atoms with van der Waals surface area (Å²) in [6.07, 6.45) is 78.8. The Bertz CT molecular complexity index is 1180. The highest BCUT2D eigenvalue weighted by Gasteiger charge is 2.20. The Balaban J connectivity index is 3.39. The molecule has 0 aromatic heterocycles. The van der Waals surface area contributed by atoms with E-state index in [1.807, 2.05) is 0 Å². The Morgan fingerprint density at radius 3 is 1.10 bits per heavy atom. The van der Waals surface area contributed by atoms with Crippen molar-refractivity contribution < 1.29 is 24.5 Å². The van der Waals surface area contributed by atoms with Crippen LogP contribution >= 0.6 is 0 Å². The highest BCUT2D eigenvalue weighted by atomic mass is 16.5. The first-order valence-electron chi connectivity index (χ1n) is 32.7. The standard InChI is InChI=1S/C67H127NO5/c1-3-5-7-9-11-13-15-17-19-32-35-39-43-47-51-55-59-65(70)64(63-69)68-66(71)60-56-52-48-44-40-36-33-30-28-26-24-22-20-21-23-25-27-29-31-34-38-42-46-50-54-58-62-73-67(72)61-57-53-49-45-41-37-18-16-14-12-10-8-6-4-2/h10,12,16,18,20,22,64-65,69-70H,3-9,11,13-15,17,19,21,23-63H2,1-2H3,(H,68,71)/b12-10-,18-16-,22-20-. The van der Waals surface area contributed by atoms with Crippen LogP contribution in [0.5, 0.6) is 0 Å². The smallest absolute Gasteiger partial charge is 0.305 e. The summed E-state index contributed by atoms with van der Waals surface area (Å²) in [7, 11) is 0. The van der Waals surface area contributed by atoms with Crippen molar-refractivity contribution in [3.8, 4) is 0 Å². The van der Waals surface area contributed by atoms with Gasteiger partial charge < -0.3 is 20.3 Å². The number of aliphatic hydroxyl groups excluding tert-OH is 2. The molecule has 0 spiro atoms. The summed E-state index contributed by atoms with van der Waals surface area (Å²) in [4.78, 5) is 24.5. The second kappa shape index (κ2) is 62.6. The second-order valence-corrected chi connectivity index (χ2v) is 22.4. The number of allylic oxidation sites excluding steroid dienone is 6. The van der Waals surface area contributed by atoms with Crippen LogP contribution < -0.4 is 5.32 Å². The Labute approximate surface area is 455 Å². The molecule has 6 nitrogen and oxygen atoms in total. The lowest BCUT2D eigenvalue weighted by molar-refractivity contribution is -0.143. The maximum Gasteiger partial charge on any atom is 0.305 e. The molecule has 3 N–H and O–H groups in total. The fourth-order valence-electron chi connectivity index (χ4n) is 10.1. The van der Waals surface area contributed by atoms with E-state index >= 15 is 0 Å². The highest BCUT2D eigenvalue weighted by molar-refractivity contribution is 5.76. The van der Waals surface area contributed by atoms with E-state index in [-0.39, 0.29) is 18.5 Å². The molecule has 0 saturated heterocycles. The zero-order valence-electron chi connectivity index (χ0n) is 49.1. The van der Waals surface area contributed by atoms with E-state index in [1.165, 1.54) is 270 Å². The number of carbonyl (C=O) groups excluding carboxylic acids is 2. The van der Waals surface area contributed by atoms with Crippen molar-refractivity contribution in [2.45, 2.75) is 366 Å². The van der Waals surface area contributed by atoms with Crippen molar-refractivity contribution in [1.29, 1.82) is 0 Å². The highest BCUT2D eigenvalue weighted by Crippen LogP contribution is 2.18. The SMILES string of the molecule is CCCC/C=C\C/C=C\CCCCCCCC(=O)OCCCCCCCCCCCCCC/C=C\CCCCCCCCCCCCC(=O)NC(CO)C(O)CCCCCCCCCCCCCCCCCC. The van der Waals surface area contributed by atoms with E-state index in [4.69, 9.17) is 4.74 Å². The molecule has 0 fully saturated rings. The summed E-state index contributed by atoms with van der Waals surface area (Å²) in [6, 6.07) is -0.543. The number of aliphatic hydroxyl groups is 2. The van der Waals surface area contributed by atoms with Gasteiger partial charge in [0.2, 0.25) is 5.91 Å². The predicted molar refractivity (Wildman–Crippen MR) is 319 cm³/mol. The molecule has 73 heavy (non-hydrogen) atoms. The van der Waals surface area contributed by atoms with E-state index in [1.54, 1.807) is 0 Å². The number of carbonyl (C=O) groups is 2. The molecule has 6 heteroatoms. The third-order valence-electron chi connectivity index (χ3n) is 15.2. The van der Waals surface area contributed by atoms with Crippen molar-refractivity contribution in [2.24, 2.45) is 0 Å². The van der Waals surface area contributed by atoms with E-state index in [2.05, 4.69) is 55.6 Å². The molecule has 0 bridgehead atoms. The maximum absolute atomic E-state index is 12.5. The molecule has 0 heterocycles. The number of nitrogens with one attached hydrogen (secondary N) is 1. The van der Waals surface area contributed by atoms with Gasteiger partial charge in [0.15, 0.2) is 0 Å². The summed E-state index contributed by atoms with van der Waals surface area (Å²) in [5.41, 5.74) is 0. The van der Waals surface area contributed by atoms with Gasteiger partial charge in [-0.25, -0.2) is 0 Å². The Morgan fingerprint density at radius 2 is 0.699 bits per heavy atom. The molecule has 1 amide bonds. The second-order valence-electron chi connectivity index (χ2n) is 22.4. The topological polar surface area (TPSA) is 95.9 Å². The molecule has 0 aliphatic rings. The molecular weight excluding hydrogens is 899 g/mol. The van der Waals surface area contributed by atoms with Crippen molar-refractivity contribution in [3.63, 3.8) is 0 Å². The summed E-state index contributed by atoms with van der Waals surface area (Å²) in [6.45, 7) is 4.93. The molecule has 430 valence electrons. The number of amides is 1.